The van der Waals surface area contributed by atoms with Crippen molar-refractivity contribution in [2.75, 3.05) is 37.3 Å². The molecular weight excluding hydrogens is 266 g/mol. The lowest BCUT2D eigenvalue weighted by Crippen LogP contribution is -2.31. The summed E-state index contributed by atoms with van der Waals surface area (Å²) in [6.07, 6.45) is 1.42. The molecule has 1 aromatic carbocycles. The van der Waals surface area contributed by atoms with E-state index in [0.717, 1.165) is 25.2 Å². The maximum atomic E-state index is 11.9. The summed E-state index contributed by atoms with van der Waals surface area (Å²) in [5, 5.41) is 3.24. The van der Waals surface area contributed by atoms with Gasteiger partial charge in [0.1, 0.15) is 5.75 Å². The summed E-state index contributed by atoms with van der Waals surface area (Å²) < 4.78 is 5.59. The van der Waals surface area contributed by atoms with Gasteiger partial charge >= 0.3 is 0 Å². The fourth-order valence-electron chi connectivity index (χ4n) is 2.03. The van der Waals surface area contributed by atoms with E-state index in [1.165, 1.54) is 0 Å². The monoisotopic (exact) mass is 293 g/mol. The topological polar surface area (TPSA) is 67.6 Å². The van der Waals surface area contributed by atoms with Gasteiger partial charge in [-0.05, 0) is 32.4 Å². The maximum Gasteiger partial charge on any atom is 0.224 e. The molecule has 21 heavy (non-hydrogen) atoms. The van der Waals surface area contributed by atoms with Crippen molar-refractivity contribution in [3.05, 3.63) is 18.2 Å². The van der Waals surface area contributed by atoms with Crippen LogP contribution in [-0.2, 0) is 4.79 Å². The quantitative estimate of drug-likeness (QED) is 0.687. The predicted molar refractivity (Wildman–Crippen MR) is 87.7 cm³/mol. The molecule has 5 heteroatoms. The summed E-state index contributed by atoms with van der Waals surface area (Å²) in [5.74, 6) is 0.863. The Kier molecular flexibility index (Phi) is 7.43. The Morgan fingerprint density at radius 1 is 1.29 bits per heavy atom. The molecule has 1 rings (SSSR count). The first-order chi connectivity index (χ1) is 10.1. The van der Waals surface area contributed by atoms with E-state index in [9.17, 15) is 4.79 Å². The van der Waals surface area contributed by atoms with Crippen molar-refractivity contribution in [3.63, 3.8) is 0 Å². The molecule has 0 fully saturated rings. The summed E-state index contributed by atoms with van der Waals surface area (Å²) in [5.41, 5.74) is 7.42. The molecule has 0 aliphatic heterocycles. The SMILES string of the molecule is CCCOc1cc(NCCC(=O)N(CC)CC)ccc1N. The van der Waals surface area contributed by atoms with Crippen LogP contribution in [-0.4, -0.2) is 37.0 Å². The van der Waals surface area contributed by atoms with Crippen LogP contribution in [0.5, 0.6) is 5.75 Å². The number of hydrogen-bond donors (Lipinski definition) is 2. The highest BCUT2D eigenvalue weighted by Crippen LogP contribution is 2.25. The number of nitrogens with zero attached hydrogens (tertiary/aromatic N) is 1. The minimum absolute atomic E-state index is 0.172. The van der Waals surface area contributed by atoms with Crippen molar-refractivity contribution in [3.8, 4) is 5.75 Å². The van der Waals surface area contributed by atoms with Crippen LogP contribution in [0, 0.1) is 0 Å². The number of carbonyl (C=O) groups excluding carboxylic acids is 1. The first-order valence-corrected chi connectivity index (χ1v) is 7.66. The summed E-state index contributed by atoms with van der Waals surface area (Å²) in [6, 6.07) is 5.60. The lowest BCUT2D eigenvalue weighted by Gasteiger charge is -2.19. The molecule has 3 N–H and O–H groups in total. The Bertz CT molecular complexity index is 445. The molecule has 1 aromatic rings. The number of anilines is 2. The van der Waals surface area contributed by atoms with E-state index in [4.69, 9.17) is 10.5 Å². The zero-order valence-corrected chi connectivity index (χ0v) is 13.3. The van der Waals surface area contributed by atoms with Crippen LogP contribution in [0.1, 0.15) is 33.6 Å². The van der Waals surface area contributed by atoms with Crippen LogP contribution < -0.4 is 15.8 Å². The molecule has 0 saturated carbocycles. The molecule has 1 amide bonds. The van der Waals surface area contributed by atoms with Crippen molar-refractivity contribution in [1.29, 1.82) is 0 Å². The smallest absolute Gasteiger partial charge is 0.224 e. The van der Waals surface area contributed by atoms with E-state index in [2.05, 4.69) is 12.2 Å². The molecular formula is C16H27N3O2. The predicted octanol–water partition coefficient (Wildman–Crippen LogP) is 2.73. The zero-order chi connectivity index (χ0) is 15.7. The molecule has 0 aliphatic rings. The Hall–Kier alpha value is -1.91. The van der Waals surface area contributed by atoms with Crippen LogP contribution in [0.2, 0.25) is 0 Å². The third-order valence-corrected chi connectivity index (χ3v) is 3.26. The van der Waals surface area contributed by atoms with Crippen LogP contribution in [0.4, 0.5) is 11.4 Å². The Morgan fingerprint density at radius 3 is 2.62 bits per heavy atom. The van der Waals surface area contributed by atoms with E-state index in [0.29, 0.717) is 31.0 Å². The van der Waals surface area contributed by atoms with Gasteiger partial charge in [-0.15, -0.1) is 0 Å². The molecule has 0 saturated heterocycles. The number of hydrogen-bond acceptors (Lipinski definition) is 4. The van der Waals surface area contributed by atoms with E-state index >= 15 is 0 Å². The van der Waals surface area contributed by atoms with Gasteiger partial charge in [0.25, 0.3) is 0 Å². The minimum atomic E-state index is 0.172. The molecule has 0 aromatic heterocycles. The van der Waals surface area contributed by atoms with E-state index in [-0.39, 0.29) is 5.91 Å². The highest BCUT2D eigenvalue weighted by Gasteiger charge is 2.09. The zero-order valence-electron chi connectivity index (χ0n) is 13.3. The largest absolute Gasteiger partial charge is 0.491 e. The molecule has 0 heterocycles. The molecule has 0 bridgehead atoms. The second-order valence-electron chi connectivity index (χ2n) is 4.84. The van der Waals surface area contributed by atoms with Gasteiger partial charge in [-0.25, -0.2) is 0 Å². The van der Waals surface area contributed by atoms with Crippen LogP contribution in [0.3, 0.4) is 0 Å². The number of amides is 1. The molecule has 0 radical (unpaired) electrons. The van der Waals surface area contributed by atoms with Gasteiger partial charge in [-0.1, -0.05) is 6.92 Å². The highest BCUT2D eigenvalue weighted by atomic mass is 16.5. The van der Waals surface area contributed by atoms with Crippen molar-refractivity contribution < 1.29 is 9.53 Å². The first-order valence-electron chi connectivity index (χ1n) is 7.66. The maximum absolute atomic E-state index is 11.9. The summed E-state index contributed by atoms with van der Waals surface area (Å²) >= 11 is 0. The minimum Gasteiger partial charge on any atom is -0.491 e. The lowest BCUT2D eigenvalue weighted by molar-refractivity contribution is -0.130. The third kappa shape index (κ3) is 5.53. The van der Waals surface area contributed by atoms with Crippen molar-refractivity contribution in [1.82, 2.24) is 4.90 Å². The van der Waals surface area contributed by atoms with E-state index < -0.39 is 0 Å². The third-order valence-electron chi connectivity index (χ3n) is 3.26. The second-order valence-corrected chi connectivity index (χ2v) is 4.84. The Morgan fingerprint density at radius 2 is 2.00 bits per heavy atom. The summed E-state index contributed by atoms with van der Waals surface area (Å²) in [4.78, 5) is 13.7. The van der Waals surface area contributed by atoms with Gasteiger partial charge in [0.15, 0.2) is 0 Å². The standard InChI is InChI=1S/C16H27N3O2/c1-4-11-21-15-12-13(7-8-14(15)17)18-10-9-16(20)19(5-2)6-3/h7-8,12,18H,4-6,9-11,17H2,1-3H3. The number of rotatable bonds is 9. The number of benzene rings is 1. The van der Waals surface area contributed by atoms with Crippen LogP contribution >= 0.6 is 0 Å². The number of nitrogen functional groups attached to an aromatic ring is 1. The summed E-state index contributed by atoms with van der Waals surface area (Å²) in [6.45, 7) is 8.80. The molecule has 0 atom stereocenters. The van der Waals surface area contributed by atoms with Gasteiger partial charge in [0.05, 0.1) is 12.3 Å². The van der Waals surface area contributed by atoms with Gasteiger partial charge in [-0.2, -0.15) is 0 Å². The average molecular weight is 293 g/mol. The Balaban J connectivity index is 2.50. The summed E-state index contributed by atoms with van der Waals surface area (Å²) in [7, 11) is 0. The Labute approximate surface area is 127 Å². The van der Waals surface area contributed by atoms with E-state index in [1.807, 2.05) is 36.9 Å². The lowest BCUT2D eigenvalue weighted by atomic mass is 10.2. The molecule has 118 valence electrons. The molecule has 0 unspecified atom stereocenters. The molecule has 0 spiro atoms. The van der Waals surface area contributed by atoms with Crippen molar-refractivity contribution >= 4 is 17.3 Å². The van der Waals surface area contributed by atoms with Crippen LogP contribution in [0.25, 0.3) is 0 Å². The van der Waals surface area contributed by atoms with Gasteiger partial charge < -0.3 is 20.7 Å². The number of nitrogens with two attached hydrogens (primary N) is 1. The molecule has 0 aliphatic carbocycles. The van der Waals surface area contributed by atoms with Crippen LogP contribution in [0.15, 0.2) is 18.2 Å². The highest BCUT2D eigenvalue weighted by molar-refractivity contribution is 5.76. The molecule has 5 nitrogen and oxygen atoms in total. The van der Waals surface area contributed by atoms with Crippen molar-refractivity contribution in [2.24, 2.45) is 0 Å². The van der Waals surface area contributed by atoms with Gasteiger partial charge in [0, 0.05) is 37.8 Å². The normalized spacial score (nSPS) is 10.2. The van der Waals surface area contributed by atoms with Gasteiger partial charge in [-0.3, -0.25) is 4.79 Å². The fraction of sp³-hybridized carbons (Fsp3) is 0.562. The number of ether oxygens (including phenoxy) is 1. The van der Waals surface area contributed by atoms with E-state index in [1.54, 1.807) is 0 Å². The average Bonchev–Trinajstić information content (AvgIpc) is 2.49. The van der Waals surface area contributed by atoms with Crippen molar-refractivity contribution in [2.45, 2.75) is 33.6 Å². The first kappa shape index (κ1) is 17.1. The number of carbonyl (C=O) groups is 1. The fourth-order valence-corrected chi connectivity index (χ4v) is 2.03. The second kappa shape index (κ2) is 9.10. The number of nitrogens with one attached hydrogen (secondary N) is 1. The van der Waals surface area contributed by atoms with Gasteiger partial charge in [0.2, 0.25) is 5.91 Å².